The normalized spacial score (nSPS) is 23.8. The molecule has 7 heteroatoms. The van der Waals surface area contributed by atoms with Crippen LogP contribution >= 0.6 is 0 Å². The van der Waals surface area contributed by atoms with E-state index in [1.165, 1.54) is 0 Å². The molecule has 154 valence electrons. The van der Waals surface area contributed by atoms with Gasteiger partial charge < -0.3 is 14.7 Å². The third-order valence-corrected chi connectivity index (χ3v) is 6.79. The molecule has 0 aliphatic carbocycles. The first-order valence-corrected chi connectivity index (χ1v) is 10.4. The monoisotopic (exact) mass is 404 g/mol. The number of hydrogen-bond donors (Lipinski definition) is 1. The van der Waals surface area contributed by atoms with Gasteiger partial charge in [0.05, 0.1) is 17.2 Å². The summed E-state index contributed by atoms with van der Waals surface area (Å²) in [6.07, 6.45) is 3.23. The molecule has 1 aromatic carbocycles. The molecule has 2 aromatic rings. The summed E-state index contributed by atoms with van der Waals surface area (Å²) in [6.45, 7) is 4.57. The number of anilines is 1. The van der Waals surface area contributed by atoms with Crippen molar-refractivity contribution in [3.63, 3.8) is 0 Å². The zero-order chi connectivity index (χ0) is 20.8. The molecule has 3 aliphatic rings. The Balaban J connectivity index is 1.30. The topological polar surface area (TPSA) is 89.7 Å². The third kappa shape index (κ3) is 3.13. The maximum Gasteiger partial charge on any atom is 0.338 e. The van der Waals surface area contributed by atoms with E-state index in [1.807, 2.05) is 25.1 Å². The van der Waals surface area contributed by atoms with Crippen molar-refractivity contribution in [1.29, 1.82) is 5.26 Å². The predicted octanol–water partition coefficient (Wildman–Crippen LogP) is 2.32. The lowest BCUT2D eigenvalue weighted by atomic mass is 9.95. The number of carbonyl (C=O) groups is 1. The number of cyclic esters (lactones) is 1. The fourth-order valence-corrected chi connectivity index (χ4v) is 5.14. The van der Waals surface area contributed by atoms with Crippen molar-refractivity contribution in [1.82, 2.24) is 9.88 Å². The number of nitrogens with zero attached hydrogens (tertiary/aromatic N) is 4. The summed E-state index contributed by atoms with van der Waals surface area (Å²) in [5.41, 5.74) is 3.92. The van der Waals surface area contributed by atoms with E-state index >= 15 is 0 Å². The van der Waals surface area contributed by atoms with Crippen molar-refractivity contribution in [2.45, 2.75) is 44.6 Å². The van der Waals surface area contributed by atoms with Crippen molar-refractivity contribution in [3.8, 4) is 6.07 Å². The molecule has 4 heterocycles. The van der Waals surface area contributed by atoms with Crippen LogP contribution in [-0.2, 0) is 11.3 Å². The first kappa shape index (κ1) is 19.0. The minimum atomic E-state index is -0.603. The minimum Gasteiger partial charge on any atom is -0.457 e. The molecule has 0 spiro atoms. The van der Waals surface area contributed by atoms with Gasteiger partial charge in [-0.3, -0.25) is 4.90 Å². The maximum atomic E-state index is 11.8. The lowest BCUT2D eigenvalue weighted by Gasteiger charge is -2.42. The summed E-state index contributed by atoms with van der Waals surface area (Å²) < 4.78 is 5.14. The Morgan fingerprint density at radius 3 is 2.70 bits per heavy atom. The van der Waals surface area contributed by atoms with Gasteiger partial charge in [-0.25, -0.2) is 9.78 Å². The summed E-state index contributed by atoms with van der Waals surface area (Å²) in [6, 6.07) is 10.2. The van der Waals surface area contributed by atoms with Crippen molar-refractivity contribution >= 4 is 11.8 Å². The number of piperazine rings is 1. The smallest absolute Gasteiger partial charge is 0.338 e. The van der Waals surface area contributed by atoms with Crippen LogP contribution in [0.15, 0.2) is 30.5 Å². The summed E-state index contributed by atoms with van der Waals surface area (Å²) in [7, 11) is 0. The number of aliphatic hydroxyl groups excluding tert-OH is 1. The molecule has 3 unspecified atom stereocenters. The molecule has 1 aromatic heterocycles. The zero-order valence-corrected chi connectivity index (χ0v) is 16.9. The molecule has 3 atom stereocenters. The van der Waals surface area contributed by atoms with Gasteiger partial charge in [-0.15, -0.1) is 0 Å². The number of esters is 1. The molecule has 7 nitrogen and oxygen atoms in total. The van der Waals surface area contributed by atoms with E-state index in [9.17, 15) is 9.90 Å². The zero-order valence-electron chi connectivity index (χ0n) is 16.9. The number of benzene rings is 1. The fraction of sp³-hybridized carbons (Fsp3) is 0.435. The molecule has 3 aliphatic heterocycles. The van der Waals surface area contributed by atoms with Crippen LogP contribution in [0.1, 0.15) is 51.6 Å². The number of rotatable bonds is 4. The summed E-state index contributed by atoms with van der Waals surface area (Å²) in [4.78, 5) is 20.9. The molecule has 5 rings (SSSR count). The van der Waals surface area contributed by atoms with E-state index in [4.69, 9.17) is 10.00 Å². The number of nitriles is 1. The first-order valence-electron chi connectivity index (χ1n) is 10.4. The molecule has 1 N–H and O–H groups in total. The molecule has 2 saturated heterocycles. The van der Waals surface area contributed by atoms with E-state index in [1.54, 1.807) is 12.3 Å². The summed E-state index contributed by atoms with van der Waals surface area (Å²) >= 11 is 0. The van der Waals surface area contributed by atoms with Crippen molar-refractivity contribution in [3.05, 3.63) is 58.3 Å². The van der Waals surface area contributed by atoms with E-state index in [0.29, 0.717) is 36.4 Å². The summed E-state index contributed by atoms with van der Waals surface area (Å²) in [5.74, 6) is 0.630. The van der Waals surface area contributed by atoms with E-state index < -0.39 is 6.10 Å². The first-order chi connectivity index (χ1) is 14.5. The maximum absolute atomic E-state index is 11.8. The molecule has 2 bridgehead atoms. The standard InChI is InChI=1S/C23H24N4O3/c1-14-18(5-6-19-20(14)13-30-23(19)29)21(28)12-27-16-3-4-17(27)11-26(10-16)22-7-2-15(8-24)9-25-22/h2,5-7,9,16-17,21,28H,3-4,10-13H2,1H3. The Labute approximate surface area is 175 Å². The lowest BCUT2D eigenvalue weighted by molar-refractivity contribution is 0.0535. The van der Waals surface area contributed by atoms with Gasteiger partial charge in [0.15, 0.2) is 0 Å². The largest absolute Gasteiger partial charge is 0.457 e. The van der Waals surface area contributed by atoms with Gasteiger partial charge >= 0.3 is 5.97 Å². The highest BCUT2D eigenvalue weighted by atomic mass is 16.5. The molecule has 0 radical (unpaired) electrons. The average Bonchev–Trinajstić information content (AvgIpc) is 3.23. The van der Waals surface area contributed by atoms with Gasteiger partial charge in [-0.05, 0) is 49.1 Å². The SMILES string of the molecule is Cc1c(C(O)CN2C3CCC2CN(c2ccc(C#N)cn2)C3)ccc2c1COC2=O. The van der Waals surface area contributed by atoms with Gasteiger partial charge in [0.25, 0.3) is 0 Å². The van der Waals surface area contributed by atoms with Gasteiger partial charge in [-0.1, -0.05) is 6.07 Å². The Kier molecular flexibility index (Phi) is 4.69. The van der Waals surface area contributed by atoms with Crippen LogP contribution in [0.4, 0.5) is 5.82 Å². The minimum absolute atomic E-state index is 0.278. The Morgan fingerprint density at radius 1 is 1.27 bits per heavy atom. The molecule has 0 saturated carbocycles. The Bertz CT molecular complexity index is 1020. The second-order valence-electron chi connectivity index (χ2n) is 8.40. The second-order valence-corrected chi connectivity index (χ2v) is 8.40. The Morgan fingerprint density at radius 2 is 2.03 bits per heavy atom. The van der Waals surface area contributed by atoms with Crippen molar-refractivity contribution < 1.29 is 14.6 Å². The van der Waals surface area contributed by atoms with Gasteiger partial charge in [0.2, 0.25) is 0 Å². The van der Waals surface area contributed by atoms with E-state index in [0.717, 1.165) is 48.4 Å². The molecular formula is C23H24N4O3. The van der Waals surface area contributed by atoms with Crippen molar-refractivity contribution in [2.75, 3.05) is 24.5 Å². The van der Waals surface area contributed by atoms with Gasteiger partial charge in [0, 0.05) is 43.5 Å². The van der Waals surface area contributed by atoms with Crippen LogP contribution in [0.2, 0.25) is 0 Å². The van der Waals surface area contributed by atoms with E-state index in [-0.39, 0.29) is 5.97 Å². The molecular weight excluding hydrogens is 380 g/mol. The predicted molar refractivity (Wildman–Crippen MR) is 110 cm³/mol. The van der Waals surface area contributed by atoms with E-state index in [2.05, 4.69) is 20.9 Å². The van der Waals surface area contributed by atoms with Crippen LogP contribution in [0.5, 0.6) is 0 Å². The molecule has 30 heavy (non-hydrogen) atoms. The number of aromatic nitrogens is 1. The molecule has 0 amide bonds. The van der Waals surface area contributed by atoms with Crippen LogP contribution < -0.4 is 4.90 Å². The number of carbonyl (C=O) groups excluding carboxylic acids is 1. The van der Waals surface area contributed by atoms with Crippen LogP contribution in [0, 0.1) is 18.3 Å². The number of ether oxygens (including phenoxy) is 1. The van der Waals surface area contributed by atoms with Crippen LogP contribution in [0.3, 0.4) is 0 Å². The third-order valence-electron chi connectivity index (χ3n) is 6.79. The lowest BCUT2D eigenvalue weighted by Crippen LogP contribution is -2.55. The molecule has 2 fully saturated rings. The number of aliphatic hydroxyl groups is 1. The number of hydrogen-bond acceptors (Lipinski definition) is 7. The average molecular weight is 404 g/mol. The quantitative estimate of drug-likeness (QED) is 0.782. The highest BCUT2D eigenvalue weighted by Gasteiger charge is 2.41. The van der Waals surface area contributed by atoms with Gasteiger partial charge in [0.1, 0.15) is 18.5 Å². The van der Waals surface area contributed by atoms with Gasteiger partial charge in [-0.2, -0.15) is 5.26 Å². The Hall–Kier alpha value is -2.95. The van der Waals surface area contributed by atoms with Crippen molar-refractivity contribution in [2.24, 2.45) is 0 Å². The highest BCUT2D eigenvalue weighted by molar-refractivity contribution is 5.93. The summed E-state index contributed by atoms with van der Waals surface area (Å²) in [5, 5.41) is 20.0. The number of pyridine rings is 1. The van der Waals surface area contributed by atoms with Crippen LogP contribution in [-0.4, -0.2) is 52.7 Å². The number of fused-ring (bicyclic) bond motifs is 3. The highest BCUT2D eigenvalue weighted by Crippen LogP contribution is 2.35. The second kappa shape index (κ2) is 7.38. The fourth-order valence-electron chi connectivity index (χ4n) is 5.14. The van der Waals surface area contributed by atoms with Crippen LogP contribution in [0.25, 0.3) is 0 Å².